The molecule has 0 amide bonds. The molecule has 0 fully saturated rings. The van der Waals surface area contributed by atoms with E-state index in [0.717, 1.165) is 11.4 Å². The highest BCUT2D eigenvalue weighted by Gasteiger charge is 2.01. The summed E-state index contributed by atoms with van der Waals surface area (Å²) in [4.78, 5) is 4.02. The first-order chi connectivity index (χ1) is 5.99. The van der Waals surface area contributed by atoms with Crippen LogP contribution in [0.15, 0.2) is 23.5 Å². The Hall–Kier alpha value is -1.43. The molecule has 0 bridgehead atoms. The van der Waals surface area contributed by atoms with Crippen LogP contribution < -0.4 is 0 Å². The lowest BCUT2D eigenvalue weighted by Gasteiger charge is -2.24. The van der Waals surface area contributed by atoms with Crippen LogP contribution in [0.1, 0.15) is 6.92 Å². The fraction of sp³-hybridized carbons (Fsp3) is 0.500. The minimum absolute atomic E-state index is 0.958. The van der Waals surface area contributed by atoms with Crippen molar-refractivity contribution < 1.29 is 0 Å². The maximum Gasteiger partial charge on any atom is 0.103 e. The second-order valence-corrected chi connectivity index (χ2v) is 3.31. The van der Waals surface area contributed by atoms with E-state index in [2.05, 4.69) is 0 Å². The summed E-state index contributed by atoms with van der Waals surface area (Å²) in [6.07, 6.45) is 3.51. The summed E-state index contributed by atoms with van der Waals surface area (Å²) >= 11 is 0. The summed E-state index contributed by atoms with van der Waals surface area (Å²) in [5, 5.41) is 8.44. The zero-order valence-electron chi connectivity index (χ0n) is 9.00. The number of nitrogens with zero attached hydrogens (tertiary/aromatic N) is 3. The van der Waals surface area contributed by atoms with E-state index in [-0.39, 0.29) is 0 Å². The van der Waals surface area contributed by atoms with Crippen LogP contribution in [0, 0.1) is 11.3 Å². The molecule has 0 unspecified atom stereocenters. The topological polar surface area (TPSA) is 30.3 Å². The first-order valence-electron chi connectivity index (χ1n) is 4.11. The molecule has 0 aromatic heterocycles. The Labute approximate surface area is 80.6 Å². The van der Waals surface area contributed by atoms with Gasteiger partial charge in [0.25, 0.3) is 0 Å². The van der Waals surface area contributed by atoms with Crippen LogP contribution in [-0.4, -0.2) is 38.0 Å². The van der Waals surface area contributed by atoms with Gasteiger partial charge < -0.3 is 9.80 Å². The molecule has 0 saturated heterocycles. The van der Waals surface area contributed by atoms with Gasteiger partial charge in [0.2, 0.25) is 0 Å². The summed E-state index contributed by atoms with van der Waals surface area (Å²) in [5.74, 6) is 1.07. The molecular formula is C10H17N3. The average Bonchev–Trinajstić information content (AvgIpc) is 1.99. The maximum atomic E-state index is 8.44. The van der Waals surface area contributed by atoms with Crippen molar-refractivity contribution in [3.05, 3.63) is 23.5 Å². The Morgan fingerprint density at radius 2 is 1.62 bits per heavy atom. The standard InChI is InChI=1S/C10H17N3/c1-9(6-7-11)8-10(12(2)3)13(4)5/h6,8H,1-5H3/b9-6+. The van der Waals surface area contributed by atoms with Crippen LogP contribution in [0.2, 0.25) is 0 Å². The minimum atomic E-state index is 0.958. The predicted molar refractivity (Wildman–Crippen MR) is 54.8 cm³/mol. The minimum Gasteiger partial charge on any atom is -0.364 e. The van der Waals surface area contributed by atoms with Gasteiger partial charge in [-0.2, -0.15) is 5.26 Å². The van der Waals surface area contributed by atoms with Gasteiger partial charge in [0.15, 0.2) is 0 Å². The van der Waals surface area contributed by atoms with Gasteiger partial charge in [0.1, 0.15) is 5.82 Å². The van der Waals surface area contributed by atoms with Gasteiger partial charge in [0, 0.05) is 34.3 Å². The van der Waals surface area contributed by atoms with E-state index in [1.165, 1.54) is 6.08 Å². The smallest absolute Gasteiger partial charge is 0.103 e. The van der Waals surface area contributed by atoms with E-state index in [9.17, 15) is 0 Å². The second-order valence-electron chi connectivity index (χ2n) is 3.31. The molecule has 0 aliphatic carbocycles. The third-order valence-electron chi connectivity index (χ3n) is 1.57. The van der Waals surface area contributed by atoms with E-state index >= 15 is 0 Å². The van der Waals surface area contributed by atoms with Crippen molar-refractivity contribution >= 4 is 0 Å². The van der Waals surface area contributed by atoms with Crippen molar-refractivity contribution in [3.63, 3.8) is 0 Å². The molecule has 13 heavy (non-hydrogen) atoms. The lowest BCUT2D eigenvalue weighted by Crippen LogP contribution is -2.24. The lowest BCUT2D eigenvalue weighted by atomic mass is 10.2. The number of rotatable bonds is 3. The molecule has 0 spiro atoms. The normalized spacial score (nSPS) is 10.3. The summed E-state index contributed by atoms with van der Waals surface area (Å²) in [6, 6.07) is 2.01. The summed E-state index contributed by atoms with van der Waals surface area (Å²) in [5.41, 5.74) is 0.958. The Bertz CT molecular complexity index is 244. The van der Waals surface area contributed by atoms with Gasteiger partial charge in [-0.3, -0.25) is 0 Å². The van der Waals surface area contributed by atoms with Crippen molar-refractivity contribution in [2.24, 2.45) is 0 Å². The lowest BCUT2D eigenvalue weighted by molar-refractivity contribution is 0.342. The molecule has 72 valence electrons. The summed E-state index contributed by atoms with van der Waals surface area (Å²) in [7, 11) is 7.91. The van der Waals surface area contributed by atoms with Crippen LogP contribution >= 0.6 is 0 Å². The molecule has 0 rings (SSSR count). The number of hydrogen-bond donors (Lipinski definition) is 0. The van der Waals surface area contributed by atoms with Crippen LogP contribution in [0.4, 0.5) is 0 Å². The van der Waals surface area contributed by atoms with Gasteiger partial charge in [-0.15, -0.1) is 0 Å². The first-order valence-corrected chi connectivity index (χ1v) is 4.11. The third-order valence-corrected chi connectivity index (χ3v) is 1.57. The van der Waals surface area contributed by atoms with Crippen molar-refractivity contribution in [2.75, 3.05) is 28.2 Å². The van der Waals surface area contributed by atoms with E-state index < -0.39 is 0 Å². The summed E-state index contributed by atoms with van der Waals surface area (Å²) < 4.78 is 0. The Balaban J connectivity index is 4.76. The van der Waals surface area contributed by atoms with Crippen LogP contribution in [0.5, 0.6) is 0 Å². The van der Waals surface area contributed by atoms with E-state index in [1.54, 1.807) is 0 Å². The first kappa shape index (κ1) is 11.6. The largest absolute Gasteiger partial charge is 0.364 e. The fourth-order valence-electron chi connectivity index (χ4n) is 1.01. The maximum absolute atomic E-state index is 8.44. The van der Waals surface area contributed by atoms with Crippen molar-refractivity contribution in [2.45, 2.75) is 6.92 Å². The van der Waals surface area contributed by atoms with Gasteiger partial charge in [0.05, 0.1) is 6.07 Å². The highest BCUT2D eigenvalue weighted by atomic mass is 15.3. The van der Waals surface area contributed by atoms with Gasteiger partial charge >= 0.3 is 0 Å². The Kier molecular flexibility index (Phi) is 4.68. The summed E-state index contributed by atoms with van der Waals surface area (Å²) in [6.45, 7) is 1.91. The zero-order chi connectivity index (χ0) is 10.4. The molecule has 0 aliphatic rings. The van der Waals surface area contributed by atoms with Gasteiger partial charge in [-0.1, -0.05) is 0 Å². The van der Waals surface area contributed by atoms with E-state index in [1.807, 2.05) is 57.1 Å². The van der Waals surface area contributed by atoms with Crippen LogP contribution in [0.25, 0.3) is 0 Å². The molecule has 0 atom stereocenters. The second kappa shape index (κ2) is 5.26. The number of allylic oxidation sites excluding steroid dienone is 3. The number of nitriles is 1. The monoisotopic (exact) mass is 179 g/mol. The van der Waals surface area contributed by atoms with Crippen molar-refractivity contribution in [1.29, 1.82) is 5.26 Å². The quantitative estimate of drug-likeness (QED) is 0.485. The molecule has 0 aliphatic heterocycles. The van der Waals surface area contributed by atoms with Crippen LogP contribution in [0.3, 0.4) is 0 Å². The van der Waals surface area contributed by atoms with Crippen LogP contribution in [-0.2, 0) is 0 Å². The highest BCUT2D eigenvalue weighted by Crippen LogP contribution is 2.06. The molecule has 0 heterocycles. The third kappa shape index (κ3) is 4.22. The molecular weight excluding hydrogens is 162 g/mol. The fourth-order valence-corrected chi connectivity index (χ4v) is 1.01. The zero-order valence-corrected chi connectivity index (χ0v) is 9.00. The molecule has 3 heteroatoms. The predicted octanol–water partition coefficient (Wildman–Crippen LogP) is 1.42. The van der Waals surface area contributed by atoms with E-state index in [0.29, 0.717) is 0 Å². The molecule has 3 nitrogen and oxygen atoms in total. The number of hydrogen-bond acceptors (Lipinski definition) is 3. The molecule has 0 radical (unpaired) electrons. The van der Waals surface area contributed by atoms with E-state index in [4.69, 9.17) is 5.26 Å². The van der Waals surface area contributed by atoms with Crippen molar-refractivity contribution in [3.8, 4) is 6.07 Å². The van der Waals surface area contributed by atoms with Gasteiger partial charge in [-0.05, 0) is 18.6 Å². The molecule has 0 N–H and O–H groups in total. The van der Waals surface area contributed by atoms with Crippen molar-refractivity contribution in [1.82, 2.24) is 9.80 Å². The SMILES string of the molecule is C/C(C=C(N(C)C)N(C)C)=C\C#N. The average molecular weight is 179 g/mol. The highest BCUT2D eigenvalue weighted by molar-refractivity contribution is 5.25. The Morgan fingerprint density at radius 1 is 1.15 bits per heavy atom. The Morgan fingerprint density at radius 3 is 1.92 bits per heavy atom. The molecule has 0 saturated carbocycles. The van der Waals surface area contributed by atoms with Gasteiger partial charge in [-0.25, -0.2) is 0 Å². The molecule has 0 aromatic rings. The molecule has 0 aromatic carbocycles.